The Hall–Kier alpha value is -1.93. The Morgan fingerprint density at radius 2 is 1.83 bits per heavy atom. The predicted octanol–water partition coefficient (Wildman–Crippen LogP) is -0.0130. The zero-order chi connectivity index (χ0) is 13.8. The molecule has 7 nitrogen and oxygen atoms in total. The smallest absolute Gasteiger partial charge is 0.332 e. The highest BCUT2D eigenvalue weighted by Gasteiger charge is 2.10. The van der Waals surface area contributed by atoms with Gasteiger partial charge in [0.25, 0.3) is 0 Å². The molecule has 1 aromatic carbocycles. The normalized spacial score (nSPS) is 12.2. The maximum atomic E-state index is 11.5. The molecule has 0 bridgehead atoms. The minimum Gasteiger partial charge on any atom is -0.350 e. The molecule has 98 valence electrons. The number of nitrogens with zero attached hydrogens (tertiary/aromatic N) is 1. The van der Waals surface area contributed by atoms with Gasteiger partial charge in [-0.2, -0.15) is 5.10 Å². The van der Waals surface area contributed by atoms with Crippen LogP contribution < -0.4 is 15.9 Å². The summed E-state index contributed by atoms with van der Waals surface area (Å²) >= 11 is 0. The largest absolute Gasteiger partial charge is 0.350 e. The number of urea groups is 1. The van der Waals surface area contributed by atoms with Gasteiger partial charge < -0.3 is 5.73 Å². The molecule has 0 aliphatic carbocycles. The second-order valence-corrected chi connectivity index (χ2v) is 5.29. The van der Waals surface area contributed by atoms with Crippen LogP contribution in [-0.4, -0.2) is 27.2 Å². The van der Waals surface area contributed by atoms with E-state index in [4.69, 9.17) is 5.73 Å². The molecule has 8 heteroatoms. The van der Waals surface area contributed by atoms with Crippen LogP contribution in [0.3, 0.4) is 0 Å². The second-order valence-electron chi connectivity index (χ2n) is 3.41. The third kappa shape index (κ3) is 3.54. The van der Waals surface area contributed by atoms with E-state index in [9.17, 15) is 13.2 Å². The molecule has 2 amide bonds. The highest BCUT2D eigenvalue weighted by Crippen LogP contribution is 2.10. The van der Waals surface area contributed by atoms with E-state index in [1.165, 1.54) is 19.2 Å². The van der Waals surface area contributed by atoms with Gasteiger partial charge >= 0.3 is 6.03 Å². The Morgan fingerprint density at radius 3 is 2.28 bits per heavy atom. The summed E-state index contributed by atoms with van der Waals surface area (Å²) in [4.78, 5) is 10.6. The molecule has 1 aromatic rings. The van der Waals surface area contributed by atoms with Gasteiger partial charge in [0.05, 0.1) is 10.6 Å². The van der Waals surface area contributed by atoms with Crippen LogP contribution in [0.2, 0.25) is 0 Å². The molecular weight excluding hydrogens is 256 g/mol. The van der Waals surface area contributed by atoms with E-state index in [2.05, 4.69) is 15.2 Å². The summed E-state index contributed by atoms with van der Waals surface area (Å²) < 4.78 is 25.2. The van der Waals surface area contributed by atoms with Gasteiger partial charge in [-0.3, -0.25) is 0 Å². The number of benzene rings is 1. The number of amides is 2. The quantitative estimate of drug-likeness (QED) is 0.528. The Balaban J connectivity index is 2.96. The van der Waals surface area contributed by atoms with Crippen LogP contribution >= 0.6 is 0 Å². The van der Waals surface area contributed by atoms with Gasteiger partial charge in [0.2, 0.25) is 10.0 Å². The molecule has 0 heterocycles. The molecule has 0 saturated carbocycles. The molecule has 0 aromatic heterocycles. The summed E-state index contributed by atoms with van der Waals surface area (Å²) in [5.41, 5.74) is 8.16. The van der Waals surface area contributed by atoms with E-state index in [1.807, 2.05) is 0 Å². The number of hydrogen-bond acceptors (Lipinski definition) is 4. The lowest BCUT2D eigenvalue weighted by Gasteiger charge is -2.04. The lowest BCUT2D eigenvalue weighted by molar-refractivity contribution is 0.249. The Labute approximate surface area is 105 Å². The van der Waals surface area contributed by atoms with Crippen LogP contribution in [-0.2, 0) is 10.0 Å². The van der Waals surface area contributed by atoms with Gasteiger partial charge in [0.1, 0.15) is 0 Å². The van der Waals surface area contributed by atoms with Crippen molar-refractivity contribution in [1.82, 2.24) is 10.1 Å². The summed E-state index contributed by atoms with van der Waals surface area (Å²) in [5.74, 6) is 0. The van der Waals surface area contributed by atoms with Crippen LogP contribution in [0.25, 0.3) is 0 Å². The summed E-state index contributed by atoms with van der Waals surface area (Å²) in [6, 6.07) is 5.32. The zero-order valence-electron chi connectivity index (χ0n) is 9.97. The number of hydrogen-bond donors (Lipinski definition) is 3. The monoisotopic (exact) mass is 270 g/mol. The van der Waals surface area contributed by atoms with Crippen molar-refractivity contribution < 1.29 is 13.2 Å². The van der Waals surface area contributed by atoms with Crippen LogP contribution in [0.5, 0.6) is 0 Å². The second kappa shape index (κ2) is 5.61. The number of primary amides is 1. The standard InChI is InChI=1S/C10H14N4O3S/c1-7(13-14-10(11)15)8-3-5-9(6-4-8)18(16,17)12-2/h3-6,12H,1-2H3,(H3,11,14,15)/b13-7-. The average Bonchev–Trinajstić information content (AvgIpc) is 2.36. The third-order valence-corrected chi connectivity index (χ3v) is 3.62. The van der Waals surface area contributed by atoms with E-state index < -0.39 is 16.1 Å². The number of nitrogens with two attached hydrogens (primary N) is 1. The first-order valence-corrected chi connectivity index (χ1v) is 6.49. The number of sulfonamides is 1. The fraction of sp³-hybridized carbons (Fsp3) is 0.200. The fourth-order valence-electron chi connectivity index (χ4n) is 1.20. The first kappa shape index (κ1) is 14.1. The minimum atomic E-state index is -3.45. The minimum absolute atomic E-state index is 0.157. The summed E-state index contributed by atoms with van der Waals surface area (Å²) in [6.07, 6.45) is 0. The van der Waals surface area contributed by atoms with Crippen molar-refractivity contribution in [3.8, 4) is 0 Å². The Kier molecular flexibility index (Phi) is 4.40. The van der Waals surface area contributed by atoms with Crippen molar-refractivity contribution in [2.45, 2.75) is 11.8 Å². The van der Waals surface area contributed by atoms with Crippen molar-refractivity contribution in [2.24, 2.45) is 10.8 Å². The van der Waals surface area contributed by atoms with Gasteiger partial charge in [-0.05, 0) is 31.7 Å². The van der Waals surface area contributed by atoms with Gasteiger partial charge in [-0.1, -0.05) is 12.1 Å². The molecule has 0 radical (unpaired) electrons. The third-order valence-electron chi connectivity index (χ3n) is 2.18. The van der Waals surface area contributed by atoms with Crippen LogP contribution in [0, 0.1) is 0 Å². The van der Waals surface area contributed by atoms with Crippen molar-refractivity contribution >= 4 is 21.8 Å². The van der Waals surface area contributed by atoms with Gasteiger partial charge in [0.15, 0.2) is 0 Å². The summed E-state index contributed by atoms with van der Waals surface area (Å²) in [6.45, 7) is 1.66. The molecular formula is C10H14N4O3S. The number of carbonyl (C=O) groups excluding carboxylic acids is 1. The molecule has 0 saturated heterocycles. The number of nitrogens with one attached hydrogen (secondary N) is 2. The van der Waals surface area contributed by atoms with Gasteiger partial charge in [0, 0.05) is 0 Å². The van der Waals surface area contributed by atoms with Crippen LogP contribution in [0.4, 0.5) is 4.79 Å². The van der Waals surface area contributed by atoms with E-state index >= 15 is 0 Å². The van der Waals surface area contributed by atoms with E-state index in [0.717, 1.165) is 0 Å². The lowest BCUT2D eigenvalue weighted by Crippen LogP contribution is -2.25. The van der Waals surface area contributed by atoms with Crippen LogP contribution in [0.1, 0.15) is 12.5 Å². The number of rotatable bonds is 4. The van der Waals surface area contributed by atoms with E-state index in [1.54, 1.807) is 19.1 Å². The molecule has 0 aliphatic heterocycles. The van der Waals surface area contributed by atoms with E-state index in [0.29, 0.717) is 11.3 Å². The first-order chi connectivity index (χ1) is 8.36. The molecule has 0 unspecified atom stereocenters. The predicted molar refractivity (Wildman–Crippen MR) is 67.6 cm³/mol. The summed E-state index contributed by atoms with van der Waals surface area (Å²) in [7, 11) is -2.11. The lowest BCUT2D eigenvalue weighted by atomic mass is 10.1. The first-order valence-electron chi connectivity index (χ1n) is 5.00. The average molecular weight is 270 g/mol. The molecule has 0 atom stereocenters. The van der Waals surface area contributed by atoms with Gasteiger partial charge in [-0.25, -0.2) is 23.4 Å². The fourth-order valence-corrected chi connectivity index (χ4v) is 1.93. The van der Waals surface area contributed by atoms with Crippen molar-refractivity contribution in [3.05, 3.63) is 29.8 Å². The van der Waals surface area contributed by atoms with Crippen molar-refractivity contribution in [2.75, 3.05) is 7.05 Å². The molecule has 1 rings (SSSR count). The molecule has 4 N–H and O–H groups in total. The highest BCUT2D eigenvalue weighted by molar-refractivity contribution is 7.89. The maximum Gasteiger partial charge on any atom is 0.332 e. The molecule has 0 aliphatic rings. The van der Waals surface area contributed by atoms with Crippen molar-refractivity contribution in [1.29, 1.82) is 0 Å². The highest BCUT2D eigenvalue weighted by atomic mass is 32.2. The molecule has 18 heavy (non-hydrogen) atoms. The van der Waals surface area contributed by atoms with Gasteiger partial charge in [-0.15, -0.1) is 0 Å². The number of hydrazone groups is 1. The van der Waals surface area contributed by atoms with Crippen molar-refractivity contribution in [3.63, 3.8) is 0 Å². The SMILES string of the molecule is CNS(=O)(=O)c1ccc(/C(C)=N\NC(N)=O)cc1. The van der Waals surface area contributed by atoms with Crippen LogP contribution in [0.15, 0.2) is 34.3 Å². The Morgan fingerprint density at radius 1 is 1.28 bits per heavy atom. The summed E-state index contributed by atoms with van der Waals surface area (Å²) in [5, 5.41) is 3.73. The Bertz CT molecular complexity index is 563. The maximum absolute atomic E-state index is 11.5. The van der Waals surface area contributed by atoms with E-state index in [-0.39, 0.29) is 4.90 Å². The molecule has 0 fully saturated rings. The molecule has 0 spiro atoms. The zero-order valence-corrected chi connectivity index (χ0v) is 10.8. The topological polar surface area (TPSA) is 114 Å². The number of carbonyl (C=O) groups is 1.